The van der Waals surface area contributed by atoms with Gasteiger partial charge in [-0.05, 0) is 30.7 Å². The molecule has 0 unspecified atom stereocenters. The number of carbonyl (C=O) groups excluding carboxylic acids is 1. The van der Waals surface area contributed by atoms with Crippen molar-refractivity contribution in [3.8, 4) is 0 Å². The van der Waals surface area contributed by atoms with Crippen LogP contribution in [0.25, 0.3) is 0 Å². The number of alkyl halides is 3. The van der Waals surface area contributed by atoms with Crippen molar-refractivity contribution in [2.75, 3.05) is 26.2 Å². The summed E-state index contributed by atoms with van der Waals surface area (Å²) in [5, 5.41) is 11.0. The predicted octanol–water partition coefficient (Wildman–Crippen LogP) is 3.07. The van der Waals surface area contributed by atoms with Gasteiger partial charge in [-0.15, -0.1) is 0 Å². The number of hydrogen-bond donors (Lipinski definition) is 0. The van der Waals surface area contributed by atoms with Crippen molar-refractivity contribution in [1.29, 1.82) is 0 Å². The van der Waals surface area contributed by atoms with Crippen molar-refractivity contribution in [1.82, 2.24) is 9.21 Å². The van der Waals surface area contributed by atoms with Gasteiger partial charge in [0.1, 0.15) is 0 Å². The van der Waals surface area contributed by atoms with Crippen LogP contribution in [-0.2, 0) is 16.2 Å². The third kappa shape index (κ3) is 4.69. The van der Waals surface area contributed by atoms with E-state index in [9.17, 15) is 36.5 Å². The molecular formula is C19H18F3N3O5S. The molecule has 2 aromatic rings. The van der Waals surface area contributed by atoms with Gasteiger partial charge in [0.25, 0.3) is 11.6 Å². The summed E-state index contributed by atoms with van der Waals surface area (Å²) in [6.07, 6.45) is -4.58. The zero-order valence-corrected chi connectivity index (χ0v) is 17.1. The average Bonchev–Trinajstić information content (AvgIpc) is 2.72. The topological polar surface area (TPSA) is 101 Å². The van der Waals surface area contributed by atoms with E-state index in [4.69, 9.17) is 0 Å². The molecule has 1 aliphatic rings. The molecular weight excluding hydrogens is 439 g/mol. The zero-order valence-electron chi connectivity index (χ0n) is 16.3. The van der Waals surface area contributed by atoms with E-state index in [1.165, 1.54) is 30.0 Å². The third-order valence-corrected chi connectivity index (χ3v) is 7.00. The molecule has 1 saturated heterocycles. The Hall–Kier alpha value is -2.99. The maximum absolute atomic E-state index is 13.0. The van der Waals surface area contributed by atoms with Gasteiger partial charge in [0, 0.05) is 43.9 Å². The van der Waals surface area contributed by atoms with E-state index >= 15 is 0 Å². The Kier molecular flexibility index (Phi) is 6.05. The molecule has 0 radical (unpaired) electrons. The van der Waals surface area contributed by atoms with Crippen LogP contribution in [0.2, 0.25) is 0 Å². The van der Waals surface area contributed by atoms with Gasteiger partial charge in [0.05, 0.1) is 15.4 Å². The minimum Gasteiger partial charge on any atom is -0.336 e. The molecule has 1 aliphatic heterocycles. The Labute approximate surface area is 176 Å². The van der Waals surface area contributed by atoms with Gasteiger partial charge < -0.3 is 4.90 Å². The average molecular weight is 457 g/mol. The van der Waals surface area contributed by atoms with Crippen LogP contribution in [0.3, 0.4) is 0 Å². The number of piperazine rings is 1. The summed E-state index contributed by atoms with van der Waals surface area (Å²) in [6, 6.07) is 7.58. The second-order valence-electron chi connectivity index (χ2n) is 6.98. The standard InChI is InChI=1S/C19H18F3N3O5S/c1-13-5-6-16(25(27)28)12-17(13)31(29,30)24-9-7-23(8-10-24)18(26)14-3-2-4-15(11-14)19(20,21)22/h2-6,11-12H,7-10H2,1H3. The molecule has 0 spiro atoms. The van der Waals surface area contributed by atoms with Gasteiger partial charge in [-0.25, -0.2) is 8.42 Å². The van der Waals surface area contributed by atoms with E-state index in [0.29, 0.717) is 5.56 Å². The summed E-state index contributed by atoms with van der Waals surface area (Å²) in [4.78, 5) is 24.0. The van der Waals surface area contributed by atoms with Crippen LogP contribution < -0.4 is 0 Å². The smallest absolute Gasteiger partial charge is 0.336 e. The Morgan fingerprint density at radius 2 is 1.71 bits per heavy atom. The number of nitrogens with zero attached hydrogens (tertiary/aromatic N) is 3. The maximum atomic E-state index is 13.0. The number of halogens is 3. The summed E-state index contributed by atoms with van der Waals surface area (Å²) < 4.78 is 65.7. The predicted molar refractivity (Wildman–Crippen MR) is 104 cm³/mol. The van der Waals surface area contributed by atoms with E-state index in [1.54, 1.807) is 0 Å². The number of hydrogen-bond acceptors (Lipinski definition) is 5. The van der Waals surface area contributed by atoms with Crippen LogP contribution in [0.15, 0.2) is 47.4 Å². The first-order valence-corrected chi connectivity index (χ1v) is 10.6. The normalized spacial score (nSPS) is 15.7. The number of rotatable bonds is 4. The number of carbonyl (C=O) groups is 1. The number of sulfonamides is 1. The van der Waals surface area contributed by atoms with Gasteiger partial charge in [-0.2, -0.15) is 17.5 Å². The van der Waals surface area contributed by atoms with Crippen LogP contribution in [0.4, 0.5) is 18.9 Å². The molecule has 1 heterocycles. The van der Waals surface area contributed by atoms with E-state index in [-0.39, 0.29) is 42.3 Å². The molecule has 31 heavy (non-hydrogen) atoms. The Balaban J connectivity index is 1.76. The van der Waals surface area contributed by atoms with Crippen LogP contribution in [0, 0.1) is 17.0 Å². The summed E-state index contributed by atoms with van der Waals surface area (Å²) in [6.45, 7) is 1.29. The highest BCUT2D eigenvalue weighted by Gasteiger charge is 2.34. The van der Waals surface area contributed by atoms with Crippen molar-refractivity contribution < 1.29 is 31.3 Å². The SMILES string of the molecule is Cc1ccc([N+](=O)[O-])cc1S(=O)(=O)N1CCN(C(=O)c2cccc(C(F)(F)F)c2)CC1. The second kappa shape index (κ2) is 8.27. The molecule has 0 aliphatic carbocycles. The highest BCUT2D eigenvalue weighted by molar-refractivity contribution is 7.89. The van der Waals surface area contributed by atoms with E-state index in [2.05, 4.69) is 0 Å². The van der Waals surface area contributed by atoms with Gasteiger partial charge in [-0.3, -0.25) is 14.9 Å². The lowest BCUT2D eigenvalue weighted by atomic mass is 10.1. The van der Waals surface area contributed by atoms with Crippen molar-refractivity contribution >= 4 is 21.6 Å². The maximum Gasteiger partial charge on any atom is 0.416 e. The first-order chi connectivity index (χ1) is 14.4. The molecule has 0 N–H and O–H groups in total. The molecule has 8 nitrogen and oxygen atoms in total. The largest absolute Gasteiger partial charge is 0.416 e. The summed E-state index contributed by atoms with van der Waals surface area (Å²) in [5.41, 5.74) is -1.10. The van der Waals surface area contributed by atoms with Gasteiger partial charge in [0.15, 0.2) is 0 Å². The number of nitro groups is 1. The van der Waals surface area contributed by atoms with Crippen LogP contribution in [0.5, 0.6) is 0 Å². The van der Waals surface area contributed by atoms with E-state index < -0.39 is 32.6 Å². The number of nitro benzene ring substituents is 1. The fraction of sp³-hybridized carbons (Fsp3) is 0.316. The molecule has 0 saturated carbocycles. The molecule has 1 amide bonds. The summed E-state index contributed by atoms with van der Waals surface area (Å²) in [5.74, 6) is -0.630. The lowest BCUT2D eigenvalue weighted by molar-refractivity contribution is -0.385. The monoisotopic (exact) mass is 457 g/mol. The summed E-state index contributed by atoms with van der Waals surface area (Å²) >= 11 is 0. The molecule has 166 valence electrons. The Morgan fingerprint density at radius 1 is 1.06 bits per heavy atom. The van der Waals surface area contributed by atoms with Crippen molar-refractivity contribution in [3.05, 3.63) is 69.3 Å². The first-order valence-electron chi connectivity index (χ1n) is 9.13. The van der Waals surface area contributed by atoms with Crippen LogP contribution in [0.1, 0.15) is 21.5 Å². The van der Waals surface area contributed by atoms with Crippen molar-refractivity contribution in [3.63, 3.8) is 0 Å². The van der Waals surface area contributed by atoms with Crippen LogP contribution >= 0.6 is 0 Å². The lowest BCUT2D eigenvalue weighted by Crippen LogP contribution is -2.50. The van der Waals surface area contributed by atoms with Crippen LogP contribution in [-0.4, -0.2) is 54.6 Å². The van der Waals surface area contributed by atoms with Gasteiger partial charge in [0.2, 0.25) is 10.0 Å². The number of amides is 1. The second-order valence-corrected chi connectivity index (χ2v) is 8.89. The molecule has 1 fully saturated rings. The molecule has 2 aromatic carbocycles. The quantitative estimate of drug-likeness (QED) is 0.519. The minimum atomic E-state index is -4.58. The van der Waals surface area contributed by atoms with Gasteiger partial charge >= 0.3 is 6.18 Å². The highest BCUT2D eigenvalue weighted by atomic mass is 32.2. The fourth-order valence-corrected chi connectivity index (χ4v) is 4.93. The Morgan fingerprint density at radius 3 is 2.29 bits per heavy atom. The van der Waals surface area contributed by atoms with E-state index in [0.717, 1.165) is 28.6 Å². The Bertz CT molecular complexity index is 1130. The lowest BCUT2D eigenvalue weighted by Gasteiger charge is -2.34. The minimum absolute atomic E-state index is 0.0255. The first kappa shape index (κ1) is 22.7. The van der Waals surface area contributed by atoms with Crippen molar-refractivity contribution in [2.24, 2.45) is 0 Å². The highest BCUT2D eigenvalue weighted by Crippen LogP contribution is 2.30. The fourth-order valence-electron chi connectivity index (χ4n) is 3.26. The zero-order chi connectivity index (χ0) is 23.0. The van der Waals surface area contributed by atoms with E-state index in [1.807, 2.05) is 0 Å². The number of aryl methyl sites for hydroxylation is 1. The number of non-ortho nitro benzene ring substituents is 1. The number of benzene rings is 2. The molecule has 3 rings (SSSR count). The van der Waals surface area contributed by atoms with Crippen molar-refractivity contribution in [2.45, 2.75) is 18.0 Å². The summed E-state index contributed by atoms with van der Waals surface area (Å²) in [7, 11) is -4.05. The molecule has 0 atom stereocenters. The molecule has 0 aromatic heterocycles. The molecule has 0 bridgehead atoms. The molecule has 12 heteroatoms. The van der Waals surface area contributed by atoms with Gasteiger partial charge in [-0.1, -0.05) is 12.1 Å². The third-order valence-electron chi connectivity index (χ3n) is 4.96.